The van der Waals surface area contributed by atoms with Gasteiger partial charge < -0.3 is 9.32 Å². The third kappa shape index (κ3) is 3.66. The molecular formula is C18H18FN5OS. The lowest BCUT2D eigenvalue weighted by Gasteiger charge is -2.34. The van der Waals surface area contributed by atoms with Crippen molar-refractivity contribution in [2.24, 2.45) is 0 Å². The van der Waals surface area contributed by atoms with Crippen LogP contribution in [0.1, 0.15) is 0 Å². The summed E-state index contributed by atoms with van der Waals surface area (Å²) in [4.78, 5) is 9.25. The average Bonchev–Trinajstić information content (AvgIpc) is 3.04. The first-order valence-corrected chi connectivity index (χ1v) is 8.82. The molecule has 3 heterocycles. The molecule has 1 saturated heterocycles. The zero-order valence-electron chi connectivity index (χ0n) is 14.1. The number of hydrogen-bond acceptors (Lipinski definition) is 6. The Hall–Kier alpha value is -2.58. The molecule has 4 rings (SSSR count). The molecule has 26 heavy (non-hydrogen) atoms. The summed E-state index contributed by atoms with van der Waals surface area (Å²) in [5, 5.41) is 4.44. The van der Waals surface area contributed by atoms with Crippen molar-refractivity contribution in [1.29, 1.82) is 0 Å². The summed E-state index contributed by atoms with van der Waals surface area (Å²) in [7, 11) is 0. The second kappa shape index (κ2) is 7.35. The molecule has 134 valence electrons. The smallest absolute Gasteiger partial charge is 0.288 e. The fourth-order valence-electron chi connectivity index (χ4n) is 2.95. The van der Waals surface area contributed by atoms with E-state index in [1.807, 2.05) is 24.4 Å². The number of benzene rings is 1. The molecule has 0 atom stereocenters. The van der Waals surface area contributed by atoms with Crippen LogP contribution in [0.25, 0.3) is 11.5 Å². The minimum atomic E-state index is -0.294. The minimum Gasteiger partial charge on any atom is -0.409 e. The van der Waals surface area contributed by atoms with Gasteiger partial charge in [-0.1, -0.05) is 6.07 Å². The molecule has 6 nitrogen and oxygen atoms in total. The van der Waals surface area contributed by atoms with Crippen molar-refractivity contribution in [2.75, 3.05) is 31.1 Å². The van der Waals surface area contributed by atoms with Crippen LogP contribution in [0, 0.1) is 10.7 Å². The fraction of sp³-hybridized carbons (Fsp3) is 0.278. The predicted octanol–water partition coefficient (Wildman–Crippen LogP) is 3.19. The van der Waals surface area contributed by atoms with Crippen LogP contribution in [0.15, 0.2) is 53.1 Å². The number of hydrogen-bond donors (Lipinski definition) is 0. The Bertz CT molecular complexity index is 917. The molecule has 2 aromatic heterocycles. The minimum absolute atomic E-state index is 0.294. The second-order valence-corrected chi connectivity index (χ2v) is 6.46. The predicted molar refractivity (Wildman–Crippen MR) is 98.7 cm³/mol. The van der Waals surface area contributed by atoms with Crippen molar-refractivity contribution in [1.82, 2.24) is 19.7 Å². The molecule has 0 bridgehead atoms. The molecule has 1 fully saturated rings. The molecular weight excluding hydrogens is 353 g/mol. The van der Waals surface area contributed by atoms with Crippen molar-refractivity contribution in [3.8, 4) is 11.5 Å². The van der Waals surface area contributed by atoms with Gasteiger partial charge in [-0.2, -0.15) is 0 Å². The van der Waals surface area contributed by atoms with Gasteiger partial charge in [0, 0.05) is 37.9 Å². The van der Waals surface area contributed by atoms with E-state index in [0.29, 0.717) is 23.0 Å². The zero-order valence-corrected chi connectivity index (χ0v) is 14.9. The van der Waals surface area contributed by atoms with Crippen LogP contribution >= 0.6 is 12.2 Å². The first-order chi connectivity index (χ1) is 12.7. The molecule has 1 aromatic carbocycles. The first-order valence-electron chi connectivity index (χ1n) is 8.41. The Morgan fingerprint density at radius 1 is 1.04 bits per heavy atom. The summed E-state index contributed by atoms with van der Waals surface area (Å²) in [6.07, 6.45) is 1.81. The van der Waals surface area contributed by atoms with E-state index in [1.54, 1.807) is 16.8 Å². The summed E-state index contributed by atoms with van der Waals surface area (Å²) in [5.41, 5.74) is 0.705. The number of piperazine rings is 1. The first kappa shape index (κ1) is 16.9. The second-order valence-electron chi connectivity index (χ2n) is 6.11. The van der Waals surface area contributed by atoms with Crippen LogP contribution in [0.3, 0.4) is 0 Å². The van der Waals surface area contributed by atoms with Crippen LogP contribution in [0.4, 0.5) is 10.2 Å². The van der Waals surface area contributed by atoms with Gasteiger partial charge in [-0.3, -0.25) is 4.90 Å². The highest BCUT2D eigenvalue weighted by molar-refractivity contribution is 7.71. The number of anilines is 1. The van der Waals surface area contributed by atoms with E-state index >= 15 is 0 Å². The Morgan fingerprint density at radius 3 is 2.50 bits per heavy atom. The lowest BCUT2D eigenvalue weighted by molar-refractivity contribution is 0.192. The summed E-state index contributed by atoms with van der Waals surface area (Å²) in [6.45, 7) is 4.13. The summed E-state index contributed by atoms with van der Waals surface area (Å²) in [6, 6.07) is 12.0. The zero-order chi connectivity index (χ0) is 17.9. The van der Waals surface area contributed by atoms with Crippen molar-refractivity contribution in [2.45, 2.75) is 6.67 Å². The average molecular weight is 371 g/mol. The highest BCUT2D eigenvalue weighted by atomic mass is 32.1. The summed E-state index contributed by atoms with van der Waals surface area (Å²) >= 11 is 5.28. The standard InChI is InChI=1S/C18H18FN5OS/c19-15-6-4-14(5-7-15)17-21-24(18(26)25-17)13-22-9-11-23(12-10-22)16-3-1-2-8-20-16/h1-8H,9-13H2. The van der Waals surface area contributed by atoms with Crippen molar-refractivity contribution >= 4 is 18.0 Å². The van der Waals surface area contributed by atoms with E-state index in [1.165, 1.54) is 12.1 Å². The SMILES string of the molecule is Fc1ccc(-c2nn(CN3CCN(c4ccccn4)CC3)c(=S)o2)cc1. The van der Waals surface area contributed by atoms with Crippen LogP contribution < -0.4 is 4.90 Å². The lowest BCUT2D eigenvalue weighted by Crippen LogP contribution is -2.47. The Balaban J connectivity index is 1.41. The van der Waals surface area contributed by atoms with Gasteiger partial charge in [0.1, 0.15) is 11.6 Å². The molecule has 8 heteroatoms. The highest BCUT2D eigenvalue weighted by Gasteiger charge is 2.19. The highest BCUT2D eigenvalue weighted by Crippen LogP contribution is 2.19. The third-order valence-corrected chi connectivity index (χ3v) is 4.67. The number of halogens is 1. The van der Waals surface area contributed by atoms with Gasteiger partial charge in [-0.05, 0) is 48.6 Å². The van der Waals surface area contributed by atoms with E-state index in [0.717, 1.165) is 32.0 Å². The molecule has 1 aliphatic rings. The monoisotopic (exact) mass is 371 g/mol. The summed E-state index contributed by atoms with van der Waals surface area (Å²) < 4.78 is 20.3. The van der Waals surface area contributed by atoms with Crippen molar-refractivity contribution in [3.05, 3.63) is 59.3 Å². The lowest BCUT2D eigenvalue weighted by atomic mass is 10.2. The molecule has 3 aromatic rings. The Morgan fingerprint density at radius 2 is 1.81 bits per heavy atom. The number of aromatic nitrogens is 3. The van der Waals surface area contributed by atoms with Gasteiger partial charge in [0.15, 0.2) is 0 Å². The van der Waals surface area contributed by atoms with Gasteiger partial charge in [0.05, 0.1) is 6.67 Å². The van der Waals surface area contributed by atoms with E-state index in [9.17, 15) is 4.39 Å². The van der Waals surface area contributed by atoms with Gasteiger partial charge in [-0.25, -0.2) is 14.1 Å². The maximum atomic E-state index is 13.1. The molecule has 0 amide bonds. The fourth-order valence-corrected chi connectivity index (χ4v) is 3.13. The summed E-state index contributed by atoms with van der Waals surface area (Å²) in [5.74, 6) is 1.11. The molecule has 0 N–H and O–H groups in total. The number of rotatable bonds is 4. The Kier molecular flexibility index (Phi) is 4.77. The largest absolute Gasteiger partial charge is 0.409 e. The van der Waals surface area contributed by atoms with Crippen LogP contribution in [-0.4, -0.2) is 45.8 Å². The molecule has 0 unspecified atom stereocenters. The molecule has 0 saturated carbocycles. The maximum absolute atomic E-state index is 13.1. The maximum Gasteiger partial charge on any atom is 0.288 e. The van der Waals surface area contributed by atoms with Gasteiger partial charge >= 0.3 is 0 Å². The third-order valence-electron chi connectivity index (χ3n) is 4.38. The number of pyridine rings is 1. The Labute approximate surface area is 155 Å². The van der Waals surface area contributed by atoms with Crippen LogP contribution in [-0.2, 0) is 6.67 Å². The van der Waals surface area contributed by atoms with Crippen LogP contribution in [0.5, 0.6) is 0 Å². The molecule has 0 aliphatic carbocycles. The molecule has 1 aliphatic heterocycles. The van der Waals surface area contributed by atoms with E-state index in [2.05, 4.69) is 19.9 Å². The van der Waals surface area contributed by atoms with E-state index in [4.69, 9.17) is 16.6 Å². The van der Waals surface area contributed by atoms with Crippen molar-refractivity contribution in [3.63, 3.8) is 0 Å². The van der Waals surface area contributed by atoms with E-state index < -0.39 is 0 Å². The van der Waals surface area contributed by atoms with Gasteiger partial charge in [0.25, 0.3) is 4.84 Å². The van der Waals surface area contributed by atoms with E-state index in [-0.39, 0.29) is 5.82 Å². The molecule has 0 radical (unpaired) electrons. The number of nitrogens with zero attached hydrogens (tertiary/aromatic N) is 5. The van der Waals surface area contributed by atoms with Crippen LogP contribution in [0.2, 0.25) is 0 Å². The molecule has 0 spiro atoms. The normalized spacial score (nSPS) is 15.3. The van der Waals surface area contributed by atoms with Crippen molar-refractivity contribution < 1.29 is 8.81 Å². The van der Waals surface area contributed by atoms with Gasteiger partial charge in [-0.15, -0.1) is 5.10 Å². The van der Waals surface area contributed by atoms with Gasteiger partial charge in [0.2, 0.25) is 5.89 Å². The quantitative estimate of drug-likeness (QED) is 0.657. The topological polar surface area (TPSA) is 50.3 Å².